The molecule has 0 radical (unpaired) electrons. The van der Waals surface area contributed by atoms with E-state index < -0.39 is 0 Å². The number of ketones is 1. The number of carbonyl (C=O) groups is 2. The number of amides is 1. The molecule has 1 aromatic rings. The molecular weight excluding hydrogens is 344 g/mol. The molecule has 3 rings (SSSR count). The molecule has 2 aliphatic rings. The quantitative estimate of drug-likeness (QED) is 0.447. The Morgan fingerprint density at radius 3 is 2.56 bits per heavy atom. The molecule has 2 saturated heterocycles. The maximum atomic E-state index is 12.8. The van der Waals surface area contributed by atoms with E-state index in [-0.39, 0.29) is 36.0 Å². The highest BCUT2D eigenvalue weighted by atomic mass is 16.5. The number of Topliss-reactive ketones (excluding diaryl/α,β-unsaturated/α-hetero) is 1. The van der Waals surface area contributed by atoms with Crippen LogP contribution < -0.4 is 10.5 Å². The third-order valence-corrected chi connectivity index (χ3v) is 5.65. The van der Waals surface area contributed by atoms with Crippen LogP contribution in [0.4, 0.5) is 0 Å². The Kier molecular flexibility index (Phi) is 5.79. The van der Waals surface area contributed by atoms with Gasteiger partial charge < -0.3 is 15.4 Å². The molecule has 7 nitrogen and oxygen atoms in total. The van der Waals surface area contributed by atoms with Crippen molar-refractivity contribution < 1.29 is 14.3 Å². The highest BCUT2D eigenvalue weighted by Gasteiger charge is 2.38. The summed E-state index contributed by atoms with van der Waals surface area (Å²) in [7, 11) is 1.63. The summed E-state index contributed by atoms with van der Waals surface area (Å²) in [5.41, 5.74) is 7.12. The molecule has 7 heteroatoms. The van der Waals surface area contributed by atoms with E-state index in [2.05, 4.69) is 4.90 Å². The van der Waals surface area contributed by atoms with Crippen LogP contribution in [0.1, 0.15) is 35.2 Å². The second-order valence-electron chi connectivity index (χ2n) is 7.45. The number of piperidine rings is 1. The topological polar surface area (TPSA) is 99.7 Å². The van der Waals surface area contributed by atoms with Crippen LogP contribution in [0.3, 0.4) is 0 Å². The van der Waals surface area contributed by atoms with Crippen LogP contribution in [0.15, 0.2) is 18.2 Å². The minimum atomic E-state index is -0.136. The van der Waals surface area contributed by atoms with Crippen LogP contribution in [-0.4, -0.2) is 66.7 Å². The number of aryl methyl sites for hydroxylation is 1. The predicted molar refractivity (Wildman–Crippen MR) is 103 cm³/mol. The van der Waals surface area contributed by atoms with Crippen LogP contribution in [-0.2, 0) is 4.79 Å². The maximum Gasteiger partial charge on any atom is 0.240 e. The summed E-state index contributed by atoms with van der Waals surface area (Å²) in [5.74, 6) is 1.04. The average molecular weight is 372 g/mol. The number of benzene rings is 1. The molecule has 0 spiro atoms. The van der Waals surface area contributed by atoms with E-state index in [1.54, 1.807) is 12.0 Å². The summed E-state index contributed by atoms with van der Waals surface area (Å²) in [6.45, 7) is 4.29. The zero-order valence-electron chi connectivity index (χ0n) is 16.0. The number of hydrogen-bond donors (Lipinski definition) is 2. The summed E-state index contributed by atoms with van der Waals surface area (Å²) < 4.78 is 5.26. The number of carbonyl (C=O) groups excluding carboxylic acids is 2. The molecule has 0 bridgehead atoms. The molecule has 1 amide bonds. The number of methoxy groups -OCH3 is 1. The van der Waals surface area contributed by atoms with Crippen molar-refractivity contribution in [1.82, 2.24) is 9.80 Å². The van der Waals surface area contributed by atoms with Crippen LogP contribution >= 0.6 is 0 Å². The van der Waals surface area contributed by atoms with Crippen molar-refractivity contribution in [2.45, 2.75) is 32.2 Å². The summed E-state index contributed by atoms with van der Waals surface area (Å²) in [5, 5.41) is 7.38. The van der Waals surface area contributed by atoms with Crippen molar-refractivity contribution in [3.63, 3.8) is 0 Å². The Morgan fingerprint density at radius 1 is 1.26 bits per heavy atom. The summed E-state index contributed by atoms with van der Waals surface area (Å²) in [6, 6.07) is 5.44. The summed E-state index contributed by atoms with van der Waals surface area (Å²) in [6.07, 6.45) is 2.29. The Hall–Kier alpha value is -2.41. The lowest BCUT2D eigenvalue weighted by Crippen LogP contribution is -2.47. The summed E-state index contributed by atoms with van der Waals surface area (Å²) in [4.78, 5) is 29.2. The van der Waals surface area contributed by atoms with Crippen molar-refractivity contribution >= 4 is 17.5 Å². The lowest BCUT2D eigenvalue weighted by atomic mass is 9.87. The first-order valence-corrected chi connectivity index (χ1v) is 9.45. The van der Waals surface area contributed by atoms with Gasteiger partial charge in [-0.15, -0.1) is 0 Å². The Morgan fingerprint density at radius 2 is 1.96 bits per heavy atom. The number of ether oxygens (including phenoxy) is 1. The monoisotopic (exact) mass is 372 g/mol. The van der Waals surface area contributed by atoms with Gasteiger partial charge in [-0.2, -0.15) is 0 Å². The van der Waals surface area contributed by atoms with Crippen LogP contribution in [0.5, 0.6) is 5.75 Å². The maximum absolute atomic E-state index is 12.8. The highest BCUT2D eigenvalue weighted by Crippen LogP contribution is 2.28. The van der Waals surface area contributed by atoms with Gasteiger partial charge in [-0.25, -0.2) is 0 Å². The molecule has 146 valence electrons. The molecule has 0 aromatic heterocycles. The normalized spacial score (nSPS) is 21.5. The third kappa shape index (κ3) is 4.13. The molecule has 2 heterocycles. The van der Waals surface area contributed by atoms with Crippen LogP contribution in [0, 0.1) is 18.3 Å². The van der Waals surface area contributed by atoms with Crippen molar-refractivity contribution in [2.24, 2.45) is 11.7 Å². The van der Waals surface area contributed by atoms with Crippen molar-refractivity contribution in [1.29, 1.82) is 5.41 Å². The van der Waals surface area contributed by atoms with Gasteiger partial charge in [0.15, 0.2) is 5.78 Å². The SMILES string of the molecule is COc1ccc(C(=O)C2CCN([C@H]3CCN(CC(=N)N)C3=O)CC2)cc1C. The number of amidine groups is 1. The van der Waals surface area contributed by atoms with E-state index in [0.717, 1.165) is 49.2 Å². The molecule has 0 saturated carbocycles. The van der Waals surface area contributed by atoms with Gasteiger partial charge in [0.2, 0.25) is 5.91 Å². The average Bonchev–Trinajstić information content (AvgIpc) is 3.01. The summed E-state index contributed by atoms with van der Waals surface area (Å²) >= 11 is 0. The van der Waals surface area contributed by atoms with Crippen molar-refractivity contribution in [3.8, 4) is 5.75 Å². The van der Waals surface area contributed by atoms with E-state index in [1.807, 2.05) is 25.1 Å². The molecule has 2 fully saturated rings. The fourth-order valence-corrected chi connectivity index (χ4v) is 4.16. The van der Waals surface area contributed by atoms with Gasteiger partial charge in [0.05, 0.1) is 19.7 Å². The number of hydrogen-bond acceptors (Lipinski definition) is 5. The number of likely N-dealkylation sites (tertiary alicyclic amines) is 2. The van der Waals surface area contributed by atoms with E-state index in [0.29, 0.717) is 6.54 Å². The zero-order valence-corrected chi connectivity index (χ0v) is 16.0. The first-order chi connectivity index (χ1) is 12.9. The van der Waals surface area contributed by atoms with Gasteiger partial charge in [0, 0.05) is 18.0 Å². The fourth-order valence-electron chi connectivity index (χ4n) is 4.16. The van der Waals surface area contributed by atoms with Gasteiger partial charge in [-0.1, -0.05) is 0 Å². The Balaban J connectivity index is 1.57. The predicted octanol–water partition coefficient (Wildman–Crippen LogP) is 1.44. The second-order valence-corrected chi connectivity index (χ2v) is 7.45. The Labute approximate surface area is 160 Å². The lowest BCUT2D eigenvalue weighted by Gasteiger charge is -2.34. The molecule has 1 atom stereocenters. The Bertz CT molecular complexity index is 741. The number of rotatable bonds is 6. The van der Waals surface area contributed by atoms with Crippen LogP contribution in [0.2, 0.25) is 0 Å². The molecule has 2 aliphatic heterocycles. The minimum absolute atomic E-state index is 0.00104. The van der Waals surface area contributed by atoms with Crippen molar-refractivity contribution in [2.75, 3.05) is 33.3 Å². The van der Waals surface area contributed by atoms with E-state index >= 15 is 0 Å². The number of nitrogens with zero attached hydrogens (tertiary/aromatic N) is 2. The third-order valence-electron chi connectivity index (χ3n) is 5.65. The molecule has 0 aliphatic carbocycles. The van der Waals surface area contributed by atoms with Gasteiger partial charge in [0.25, 0.3) is 0 Å². The molecule has 1 aromatic carbocycles. The van der Waals surface area contributed by atoms with Gasteiger partial charge >= 0.3 is 0 Å². The number of nitrogens with one attached hydrogen (secondary N) is 1. The van der Waals surface area contributed by atoms with Crippen LogP contribution in [0.25, 0.3) is 0 Å². The highest BCUT2D eigenvalue weighted by molar-refractivity contribution is 5.98. The first-order valence-electron chi connectivity index (χ1n) is 9.45. The zero-order chi connectivity index (χ0) is 19.6. The molecule has 3 N–H and O–H groups in total. The van der Waals surface area contributed by atoms with E-state index in [9.17, 15) is 9.59 Å². The van der Waals surface area contributed by atoms with E-state index in [1.165, 1.54) is 0 Å². The van der Waals surface area contributed by atoms with Gasteiger partial charge in [-0.3, -0.25) is 19.9 Å². The molecule has 0 unspecified atom stereocenters. The fraction of sp³-hybridized carbons (Fsp3) is 0.550. The van der Waals surface area contributed by atoms with E-state index in [4.69, 9.17) is 15.9 Å². The largest absolute Gasteiger partial charge is 0.496 e. The van der Waals surface area contributed by atoms with Gasteiger partial charge in [0.1, 0.15) is 11.6 Å². The standard InChI is InChI=1S/C20H28N4O3/c1-13-11-15(3-4-17(13)27-2)19(25)14-5-8-23(9-6-14)16-7-10-24(20(16)26)12-18(21)22/h3-4,11,14,16H,5-10,12H2,1-2H3,(H3,21,22)/t16-/m0/s1. The molecular formula is C20H28N4O3. The van der Waals surface area contributed by atoms with Crippen molar-refractivity contribution in [3.05, 3.63) is 29.3 Å². The first kappa shape index (κ1) is 19.4. The number of nitrogens with two attached hydrogens (primary N) is 1. The minimum Gasteiger partial charge on any atom is -0.496 e. The second kappa shape index (κ2) is 8.08. The smallest absolute Gasteiger partial charge is 0.240 e. The lowest BCUT2D eigenvalue weighted by molar-refractivity contribution is -0.131. The molecule has 27 heavy (non-hydrogen) atoms. The van der Waals surface area contributed by atoms with Gasteiger partial charge in [-0.05, 0) is 63.0 Å².